The van der Waals surface area contributed by atoms with Crippen molar-refractivity contribution >= 4 is 21.4 Å². The van der Waals surface area contributed by atoms with E-state index in [1.807, 2.05) is 42.1 Å². The lowest BCUT2D eigenvalue weighted by Gasteiger charge is -2.19. The molecule has 8 heteroatoms. The average Bonchev–Trinajstić information content (AvgIpc) is 3.20. The molecule has 0 aliphatic heterocycles. The molecule has 0 bridgehead atoms. The second-order valence-corrected chi connectivity index (χ2v) is 8.92. The van der Waals surface area contributed by atoms with Gasteiger partial charge in [0.25, 0.3) is 0 Å². The van der Waals surface area contributed by atoms with Crippen LogP contribution in [0.3, 0.4) is 0 Å². The van der Waals surface area contributed by atoms with Gasteiger partial charge in [0, 0.05) is 17.1 Å². The number of sulfonamides is 1. The standard InChI is InChI=1S/C18H20FN3O2S2/c1-13-10-14(2)22(21-13)17(18-4-3-9-25-18)11-20-26(23,24)12-15-5-7-16(19)8-6-15/h3-10,17,20H,11-12H2,1-2H3. The average molecular weight is 394 g/mol. The molecule has 0 saturated heterocycles. The summed E-state index contributed by atoms with van der Waals surface area (Å²) in [6.07, 6.45) is 0. The molecule has 3 aromatic rings. The van der Waals surface area contributed by atoms with Crippen molar-refractivity contribution in [2.24, 2.45) is 0 Å². The minimum atomic E-state index is -3.56. The van der Waals surface area contributed by atoms with Crippen LogP contribution in [0, 0.1) is 19.7 Å². The summed E-state index contributed by atoms with van der Waals surface area (Å²) >= 11 is 1.56. The van der Waals surface area contributed by atoms with Crippen LogP contribution in [0.2, 0.25) is 0 Å². The first kappa shape index (κ1) is 18.8. The molecule has 0 spiro atoms. The van der Waals surface area contributed by atoms with E-state index in [1.165, 1.54) is 24.3 Å². The Morgan fingerprint density at radius 3 is 2.54 bits per heavy atom. The third-order valence-electron chi connectivity index (χ3n) is 3.98. The monoisotopic (exact) mass is 393 g/mol. The Bertz CT molecular complexity index is 965. The zero-order valence-electron chi connectivity index (χ0n) is 14.5. The van der Waals surface area contributed by atoms with Crippen molar-refractivity contribution in [2.45, 2.75) is 25.6 Å². The highest BCUT2D eigenvalue weighted by atomic mass is 32.2. The van der Waals surface area contributed by atoms with E-state index >= 15 is 0 Å². The fourth-order valence-corrected chi connectivity index (χ4v) is 4.76. The van der Waals surface area contributed by atoms with E-state index in [4.69, 9.17) is 0 Å². The summed E-state index contributed by atoms with van der Waals surface area (Å²) < 4.78 is 42.4. The molecule has 1 atom stereocenters. The minimum absolute atomic E-state index is 0.193. The predicted octanol–water partition coefficient (Wildman–Crippen LogP) is 3.41. The molecular weight excluding hydrogens is 373 g/mol. The summed E-state index contributed by atoms with van der Waals surface area (Å²) in [6.45, 7) is 4.06. The number of halogens is 1. The van der Waals surface area contributed by atoms with Gasteiger partial charge in [0.05, 0.1) is 17.5 Å². The van der Waals surface area contributed by atoms with E-state index in [9.17, 15) is 12.8 Å². The SMILES string of the molecule is Cc1cc(C)n(C(CNS(=O)(=O)Cc2ccc(F)cc2)c2cccs2)n1. The minimum Gasteiger partial charge on any atom is -0.260 e. The molecule has 3 rings (SSSR count). The molecule has 1 unspecified atom stereocenters. The van der Waals surface area contributed by atoms with E-state index < -0.39 is 10.0 Å². The van der Waals surface area contributed by atoms with Gasteiger partial charge in [-0.3, -0.25) is 4.68 Å². The smallest absolute Gasteiger partial charge is 0.215 e. The highest BCUT2D eigenvalue weighted by Gasteiger charge is 2.21. The Hall–Kier alpha value is -2.03. The van der Waals surface area contributed by atoms with Crippen molar-refractivity contribution in [3.63, 3.8) is 0 Å². The first-order chi connectivity index (χ1) is 12.3. The van der Waals surface area contributed by atoms with Crippen molar-refractivity contribution < 1.29 is 12.8 Å². The van der Waals surface area contributed by atoms with Crippen LogP contribution in [0.5, 0.6) is 0 Å². The number of aromatic nitrogens is 2. The quantitative estimate of drug-likeness (QED) is 0.669. The number of rotatable bonds is 7. The summed E-state index contributed by atoms with van der Waals surface area (Å²) in [5, 5.41) is 6.47. The van der Waals surface area contributed by atoms with Crippen LogP contribution < -0.4 is 4.72 Å². The molecule has 0 fully saturated rings. The van der Waals surface area contributed by atoms with E-state index in [-0.39, 0.29) is 24.2 Å². The second kappa shape index (κ2) is 7.69. The van der Waals surface area contributed by atoms with Gasteiger partial charge in [-0.05, 0) is 49.1 Å². The van der Waals surface area contributed by atoms with Crippen molar-refractivity contribution in [1.82, 2.24) is 14.5 Å². The number of nitrogens with one attached hydrogen (secondary N) is 1. The van der Waals surface area contributed by atoms with Gasteiger partial charge in [0.15, 0.2) is 0 Å². The number of hydrogen-bond donors (Lipinski definition) is 1. The van der Waals surface area contributed by atoms with Crippen molar-refractivity contribution in [1.29, 1.82) is 0 Å². The molecule has 0 radical (unpaired) electrons. The third-order valence-corrected chi connectivity index (χ3v) is 6.27. The van der Waals surface area contributed by atoms with Crippen LogP contribution >= 0.6 is 11.3 Å². The van der Waals surface area contributed by atoms with Crippen LogP contribution in [-0.4, -0.2) is 24.7 Å². The highest BCUT2D eigenvalue weighted by molar-refractivity contribution is 7.88. The fraction of sp³-hybridized carbons (Fsp3) is 0.278. The molecule has 26 heavy (non-hydrogen) atoms. The number of thiophene rings is 1. The van der Waals surface area contributed by atoms with Crippen LogP contribution in [0.1, 0.15) is 27.9 Å². The molecule has 2 heterocycles. The zero-order valence-corrected chi connectivity index (χ0v) is 16.1. The van der Waals surface area contributed by atoms with Crippen molar-refractivity contribution in [3.05, 3.63) is 75.5 Å². The lowest BCUT2D eigenvalue weighted by Crippen LogP contribution is -2.32. The Kier molecular flexibility index (Phi) is 5.55. The van der Waals surface area contributed by atoms with E-state index in [1.54, 1.807) is 11.3 Å². The van der Waals surface area contributed by atoms with E-state index in [2.05, 4.69) is 9.82 Å². The van der Waals surface area contributed by atoms with Gasteiger partial charge in [-0.25, -0.2) is 17.5 Å². The van der Waals surface area contributed by atoms with Gasteiger partial charge < -0.3 is 0 Å². The van der Waals surface area contributed by atoms with Gasteiger partial charge in [0.1, 0.15) is 5.82 Å². The summed E-state index contributed by atoms with van der Waals surface area (Å²) in [4.78, 5) is 1.03. The highest BCUT2D eigenvalue weighted by Crippen LogP contribution is 2.24. The first-order valence-electron chi connectivity index (χ1n) is 8.12. The molecule has 0 amide bonds. The Balaban J connectivity index is 1.77. The number of nitrogens with zero attached hydrogens (tertiary/aromatic N) is 2. The molecular formula is C18H20FN3O2S2. The number of aryl methyl sites for hydroxylation is 2. The number of hydrogen-bond acceptors (Lipinski definition) is 4. The van der Waals surface area contributed by atoms with E-state index in [0.29, 0.717) is 5.56 Å². The molecule has 1 N–H and O–H groups in total. The summed E-state index contributed by atoms with van der Waals surface area (Å²) in [6, 6.07) is 11.1. The van der Waals surface area contributed by atoms with Crippen molar-refractivity contribution in [3.8, 4) is 0 Å². The van der Waals surface area contributed by atoms with Crippen LogP contribution in [0.4, 0.5) is 4.39 Å². The topological polar surface area (TPSA) is 64.0 Å². The summed E-state index contributed by atoms with van der Waals surface area (Å²) in [7, 11) is -3.56. The normalized spacial score (nSPS) is 13.0. The van der Waals surface area contributed by atoms with Crippen LogP contribution in [0.25, 0.3) is 0 Å². The van der Waals surface area contributed by atoms with Gasteiger partial charge in [0.2, 0.25) is 10.0 Å². The molecule has 0 saturated carbocycles. The summed E-state index contributed by atoms with van der Waals surface area (Å²) in [5.41, 5.74) is 2.40. The zero-order chi connectivity index (χ0) is 18.7. The maximum Gasteiger partial charge on any atom is 0.215 e. The van der Waals surface area contributed by atoms with Gasteiger partial charge in [-0.15, -0.1) is 11.3 Å². The molecule has 5 nitrogen and oxygen atoms in total. The Labute approximate surface area is 156 Å². The Morgan fingerprint density at radius 2 is 1.96 bits per heavy atom. The second-order valence-electron chi connectivity index (χ2n) is 6.14. The lowest BCUT2D eigenvalue weighted by atomic mass is 10.2. The van der Waals surface area contributed by atoms with Gasteiger partial charge in [-0.1, -0.05) is 18.2 Å². The number of benzene rings is 1. The van der Waals surface area contributed by atoms with E-state index in [0.717, 1.165) is 16.3 Å². The fourth-order valence-electron chi connectivity index (χ4n) is 2.81. The maximum absolute atomic E-state index is 13.0. The third kappa shape index (κ3) is 4.57. The summed E-state index contributed by atoms with van der Waals surface area (Å²) in [5.74, 6) is -0.580. The lowest BCUT2D eigenvalue weighted by molar-refractivity contribution is 0.499. The predicted molar refractivity (Wildman–Crippen MR) is 101 cm³/mol. The van der Waals surface area contributed by atoms with Gasteiger partial charge in [-0.2, -0.15) is 5.10 Å². The van der Waals surface area contributed by atoms with Crippen molar-refractivity contribution in [2.75, 3.05) is 6.54 Å². The largest absolute Gasteiger partial charge is 0.260 e. The molecule has 1 aromatic carbocycles. The maximum atomic E-state index is 13.0. The first-order valence-corrected chi connectivity index (χ1v) is 10.7. The van der Waals surface area contributed by atoms with Crippen LogP contribution in [-0.2, 0) is 15.8 Å². The molecule has 0 aliphatic carbocycles. The molecule has 2 aromatic heterocycles. The van der Waals surface area contributed by atoms with Crippen LogP contribution in [0.15, 0.2) is 47.8 Å². The Morgan fingerprint density at radius 1 is 1.23 bits per heavy atom. The molecule has 0 aliphatic rings. The molecule has 138 valence electrons. The van der Waals surface area contributed by atoms with Gasteiger partial charge >= 0.3 is 0 Å².